The summed E-state index contributed by atoms with van der Waals surface area (Å²) < 4.78 is 38.5. The number of aliphatic carboxylic acids is 1. The third-order valence-corrected chi connectivity index (χ3v) is 3.67. The molecule has 1 fully saturated rings. The van der Waals surface area contributed by atoms with Crippen LogP contribution in [0, 0.1) is 0 Å². The van der Waals surface area contributed by atoms with E-state index in [-0.39, 0.29) is 6.04 Å². The third kappa shape index (κ3) is 4.77. The Morgan fingerprint density at radius 1 is 1.43 bits per heavy atom. The molecule has 7 heteroatoms. The van der Waals surface area contributed by atoms with Crippen molar-refractivity contribution in [1.29, 1.82) is 0 Å². The standard InChI is InChI=1S/C14H13BrF3NO2/c15-11-7-9(2-6-13(20)21)1-5-12(11)19(10-3-4-10)8-14(16,17)18/h1-2,5-7,10H,3-4,8H2,(H,20,21)/b6-2+. The van der Waals surface area contributed by atoms with Crippen LogP contribution in [0.25, 0.3) is 6.08 Å². The molecule has 0 saturated heterocycles. The van der Waals surface area contributed by atoms with Crippen LogP contribution in [0.15, 0.2) is 28.7 Å². The maximum Gasteiger partial charge on any atom is 0.405 e. The van der Waals surface area contributed by atoms with Gasteiger partial charge in [0, 0.05) is 16.6 Å². The summed E-state index contributed by atoms with van der Waals surface area (Å²) in [5.74, 6) is -1.08. The summed E-state index contributed by atoms with van der Waals surface area (Å²) in [5.41, 5.74) is 1.08. The minimum absolute atomic E-state index is 0.0802. The number of alkyl halides is 3. The molecule has 1 saturated carbocycles. The molecule has 21 heavy (non-hydrogen) atoms. The van der Waals surface area contributed by atoms with Crippen LogP contribution >= 0.6 is 15.9 Å². The highest BCUT2D eigenvalue weighted by Crippen LogP contribution is 2.38. The molecule has 0 spiro atoms. The Morgan fingerprint density at radius 2 is 2.10 bits per heavy atom. The van der Waals surface area contributed by atoms with Crippen LogP contribution in [0.4, 0.5) is 18.9 Å². The Hall–Kier alpha value is -1.50. The first-order valence-corrected chi connectivity index (χ1v) is 7.09. The van der Waals surface area contributed by atoms with Gasteiger partial charge in [0.05, 0.1) is 5.69 Å². The molecule has 0 radical (unpaired) electrons. The van der Waals surface area contributed by atoms with Crippen LogP contribution in [0.1, 0.15) is 18.4 Å². The Balaban J connectivity index is 2.23. The molecular formula is C14H13BrF3NO2. The minimum Gasteiger partial charge on any atom is -0.478 e. The number of hydrogen-bond acceptors (Lipinski definition) is 2. The molecule has 2 rings (SSSR count). The average molecular weight is 364 g/mol. The van der Waals surface area contributed by atoms with Crippen molar-refractivity contribution in [2.75, 3.05) is 11.4 Å². The fraction of sp³-hybridized carbons (Fsp3) is 0.357. The first-order chi connectivity index (χ1) is 9.76. The maximum absolute atomic E-state index is 12.7. The summed E-state index contributed by atoms with van der Waals surface area (Å²) in [6.45, 7) is -0.986. The predicted octanol–water partition coefficient (Wildman–Crippen LogP) is 4.08. The second-order valence-electron chi connectivity index (χ2n) is 4.86. The summed E-state index contributed by atoms with van der Waals surface area (Å²) >= 11 is 3.27. The van der Waals surface area contributed by atoms with E-state index in [0.29, 0.717) is 15.7 Å². The lowest BCUT2D eigenvalue weighted by atomic mass is 10.1. The molecule has 3 nitrogen and oxygen atoms in total. The zero-order valence-corrected chi connectivity index (χ0v) is 12.5. The number of hydrogen-bond donors (Lipinski definition) is 1. The van der Waals surface area contributed by atoms with Crippen molar-refractivity contribution in [3.8, 4) is 0 Å². The van der Waals surface area contributed by atoms with E-state index in [4.69, 9.17) is 5.11 Å². The van der Waals surface area contributed by atoms with Crippen molar-refractivity contribution in [1.82, 2.24) is 0 Å². The number of halogens is 4. The van der Waals surface area contributed by atoms with Gasteiger partial charge < -0.3 is 10.0 Å². The summed E-state index contributed by atoms with van der Waals surface area (Å²) in [5, 5.41) is 8.56. The molecule has 1 aliphatic carbocycles. The molecule has 1 aliphatic rings. The van der Waals surface area contributed by atoms with E-state index in [2.05, 4.69) is 15.9 Å². The first kappa shape index (κ1) is 15.9. The quantitative estimate of drug-likeness (QED) is 0.801. The number of carbonyl (C=O) groups is 1. The van der Waals surface area contributed by atoms with E-state index in [1.165, 1.54) is 11.0 Å². The van der Waals surface area contributed by atoms with Gasteiger partial charge in [0.25, 0.3) is 0 Å². The second kappa shape index (κ2) is 6.09. The first-order valence-electron chi connectivity index (χ1n) is 6.30. The molecular weight excluding hydrogens is 351 g/mol. The van der Waals surface area contributed by atoms with Crippen molar-refractivity contribution < 1.29 is 23.1 Å². The highest BCUT2D eigenvalue weighted by atomic mass is 79.9. The van der Waals surface area contributed by atoms with Gasteiger partial charge in [-0.25, -0.2) is 4.79 Å². The van der Waals surface area contributed by atoms with Crippen molar-refractivity contribution in [2.24, 2.45) is 0 Å². The van der Waals surface area contributed by atoms with Gasteiger partial charge in [0.1, 0.15) is 6.54 Å². The molecule has 0 unspecified atom stereocenters. The lowest BCUT2D eigenvalue weighted by Crippen LogP contribution is -2.36. The van der Waals surface area contributed by atoms with Gasteiger partial charge in [-0.1, -0.05) is 6.07 Å². The number of anilines is 1. The fourth-order valence-corrected chi connectivity index (χ4v) is 2.64. The zero-order chi connectivity index (χ0) is 15.6. The average Bonchev–Trinajstić information content (AvgIpc) is 3.17. The Labute approximate surface area is 128 Å². The van der Waals surface area contributed by atoms with E-state index >= 15 is 0 Å². The van der Waals surface area contributed by atoms with Gasteiger partial charge in [-0.05, 0) is 52.5 Å². The van der Waals surface area contributed by atoms with Crippen LogP contribution < -0.4 is 4.90 Å². The smallest absolute Gasteiger partial charge is 0.405 e. The fourth-order valence-electron chi connectivity index (χ4n) is 2.02. The zero-order valence-electron chi connectivity index (χ0n) is 10.9. The third-order valence-electron chi connectivity index (χ3n) is 3.04. The Kier molecular flexibility index (Phi) is 4.61. The summed E-state index contributed by atoms with van der Waals surface area (Å²) in [6.07, 6.45) is -0.381. The van der Waals surface area contributed by atoms with Gasteiger partial charge in [0.2, 0.25) is 0 Å². The van der Waals surface area contributed by atoms with Gasteiger partial charge in [-0.2, -0.15) is 13.2 Å². The van der Waals surface area contributed by atoms with Crippen LogP contribution in [-0.4, -0.2) is 29.8 Å². The molecule has 0 aliphatic heterocycles. The maximum atomic E-state index is 12.7. The van der Waals surface area contributed by atoms with Crippen LogP contribution in [0.3, 0.4) is 0 Å². The largest absolute Gasteiger partial charge is 0.478 e. The molecule has 114 valence electrons. The lowest BCUT2D eigenvalue weighted by Gasteiger charge is -2.27. The van der Waals surface area contributed by atoms with Crippen molar-refractivity contribution in [2.45, 2.75) is 25.1 Å². The van der Waals surface area contributed by atoms with Crippen molar-refractivity contribution in [3.63, 3.8) is 0 Å². The van der Waals surface area contributed by atoms with Gasteiger partial charge >= 0.3 is 12.1 Å². The highest BCUT2D eigenvalue weighted by Gasteiger charge is 2.38. The van der Waals surface area contributed by atoms with Crippen LogP contribution in [-0.2, 0) is 4.79 Å². The van der Waals surface area contributed by atoms with E-state index in [0.717, 1.165) is 18.9 Å². The van der Waals surface area contributed by atoms with E-state index in [9.17, 15) is 18.0 Å². The Morgan fingerprint density at radius 3 is 2.57 bits per heavy atom. The number of nitrogens with zero attached hydrogens (tertiary/aromatic N) is 1. The second-order valence-corrected chi connectivity index (χ2v) is 5.71. The summed E-state index contributed by atoms with van der Waals surface area (Å²) in [4.78, 5) is 11.8. The monoisotopic (exact) mass is 363 g/mol. The minimum atomic E-state index is -4.26. The molecule has 1 aromatic carbocycles. The Bertz CT molecular complexity index is 568. The number of rotatable bonds is 5. The van der Waals surface area contributed by atoms with E-state index in [1.54, 1.807) is 18.2 Å². The molecule has 1 aromatic rings. The van der Waals surface area contributed by atoms with E-state index in [1.807, 2.05) is 0 Å². The molecule has 0 bridgehead atoms. The molecule has 0 aromatic heterocycles. The van der Waals surface area contributed by atoms with Crippen LogP contribution in [0.2, 0.25) is 0 Å². The highest BCUT2D eigenvalue weighted by molar-refractivity contribution is 9.10. The van der Waals surface area contributed by atoms with Gasteiger partial charge in [-0.3, -0.25) is 0 Å². The molecule has 0 atom stereocenters. The topological polar surface area (TPSA) is 40.5 Å². The van der Waals surface area contributed by atoms with E-state index < -0.39 is 18.7 Å². The number of carboxylic acid groups (broad SMARTS) is 1. The normalized spacial score (nSPS) is 15.4. The van der Waals surface area contributed by atoms with Crippen molar-refractivity contribution in [3.05, 3.63) is 34.3 Å². The lowest BCUT2D eigenvalue weighted by molar-refractivity contribution is -0.131. The van der Waals surface area contributed by atoms with Gasteiger partial charge in [-0.15, -0.1) is 0 Å². The molecule has 1 N–H and O–H groups in total. The molecule has 0 amide bonds. The SMILES string of the molecule is O=C(O)/C=C/c1ccc(N(CC(F)(F)F)C2CC2)c(Br)c1. The van der Waals surface area contributed by atoms with Crippen molar-refractivity contribution >= 4 is 33.7 Å². The van der Waals surface area contributed by atoms with Crippen LogP contribution in [0.5, 0.6) is 0 Å². The number of benzene rings is 1. The van der Waals surface area contributed by atoms with Gasteiger partial charge in [0.15, 0.2) is 0 Å². The predicted molar refractivity (Wildman–Crippen MR) is 77.2 cm³/mol. The summed E-state index contributed by atoms with van der Waals surface area (Å²) in [6, 6.07) is 4.71. The number of carboxylic acids is 1. The molecule has 0 heterocycles. The summed E-state index contributed by atoms with van der Waals surface area (Å²) in [7, 11) is 0.